The molecule has 0 aliphatic carbocycles. The van der Waals surface area contributed by atoms with E-state index < -0.39 is 18.1 Å². The molecule has 8 heteroatoms. The van der Waals surface area contributed by atoms with Crippen LogP contribution in [0, 0.1) is 0 Å². The lowest BCUT2D eigenvalue weighted by atomic mass is 10.2. The molecule has 0 saturated carbocycles. The van der Waals surface area contributed by atoms with Crippen molar-refractivity contribution >= 4 is 18.1 Å². The first-order valence-corrected chi connectivity index (χ1v) is 9.62. The van der Waals surface area contributed by atoms with Gasteiger partial charge >= 0.3 is 18.1 Å². The predicted octanol–water partition coefficient (Wildman–Crippen LogP) is 4.33. The van der Waals surface area contributed by atoms with Crippen molar-refractivity contribution in [3.05, 3.63) is 66.7 Å². The van der Waals surface area contributed by atoms with E-state index in [4.69, 9.17) is 23.7 Å². The maximum atomic E-state index is 12.2. The van der Waals surface area contributed by atoms with Gasteiger partial charge < -0.3 is 23.7 Å². The predicted molar refractivity (Wildman–Crippen MR) is 111 cm³/mol. The summed E-state index contributed by atoms with van der Waals surface area (Å²) in [6.45, 7) is 3.78. The van der Waals surface area contributed by atoms with Gasteiger partial charge in [-0.3, -0.25) is 0 Å². The number of unbranched alkanes of at least 4 members (excludes halogenated alkanes) is 2. The van der Waals surface area contributed by atoms with Crippen molar-refractivity contribution in [3.63, 3.8) is 0 Å². The molecule has 0 N–H and O–H groups in total. The number of hydrogen-bond acceptors (Lipinski definition) is 8. The quantitative estimate of drug-likeness (QED) is 0.172. The van der Waals surface area contributed by atoms with E-state index in [-0.39, 0.29) is 12.4 Å². The van der Waals surface area contributed by atoms with Crippen LogP contribution in [0.2, 0.25) is 0 Å². The van der Waals surface area contributed by atoms with Gasteiger partial charge in [0.05, 0.1) is 25.9 Å². The summed E-state index contributed by atoms with van der Waals surface area (Å²) in [7, 11) is 1.55. The minimum atomic E-state index is -0.841. The first kappa shape index (κ1) is 23.5. The van der Waals surface area contributed by atoms with Crippen molar-refractivity contribution in [3.8, 4) is 17.2 Å². The molecule has 2 aromatic rings. The van der Waals surface area contributed by atoms with Crippen LogP contribution in [0.1, 0.15) is 29.6 Å². The molecule has 2 aromatic carbocycles. The van der Waals surface area contributed by atoms with Gasteiger partial charge in [0.1, 0.15) is 17.2 Å². The van der Waals surface area contributed by atoms with E-state index in [1.807, 2.05) is 0 Å². The van der Waals surface area contributed by atoms with Crippen LogP contribution in [0.5, 0.6) is 17.2 Å². The van der Waals surface area contributed by atoms with Crippen LogP contribution in [0.15, 0.2) is 61.2 Å². The maximum Gasteiger partial charge on any atom is 0.513 e. The van der Waals surface area contributed by atoms with Crippen molar-refractivity contribution in [1.29, 1.82) is 0 Å². The monoisotopic (exact) mass is 428 g/mol. The van der Waals surface area contributed by atoms with Crippen LogP contribution in [0.25, 0.3) is 0 Å². The van der Waals surface area contributed by atoms with Crippen LogP contribution in [0.3, 0.4) is 0 Å². The van der Waals surface area contributed by atoms with Gasteiger partial charge in [-0.05, 0) is 67.8 Å². The molecule has 0 bridgehead atoms. The topological polar surface area (TPSA) is 97.4 Å². The van der Waals surface area contributed by atoms with Gasteiger partial charge in [0, 0.05) is 6.08 Å². The fourth-order valence-corrected chi connectivity index (χ4v) is 2.36. The molecule has 2 rings (SSSR count). The van der Waals surface area contributed by atoms with Crippen molar-refractivity contribution < 1.29 is 38.1 Å². The molecule has 0 unspecified atom stereocenters. The van der Waals surface area contributed by atoms with E-state index in [2.05, 4.69) is 6.58 Å². The zero-order valence-electron chi connectivity index (χ0n) is 17.2. The van der Waals surface area contributed by atoms with Crippen molar-refractivity contribution in [1.82, 2.24) is 0 Å². The van der Waals surface area contributed by atoms with Gasteiger partial charge in [0.2, 0.25) is 0 Å². The van der Waals surface area contributed by atoms with Gasteiger partial charge in [-0.1, -0.05) is 6.58 Å². The highest BCUT2D eigenvalue weighted by Crippen LogP contribution is 2.19. The highest BCUT2D eigenvalue weighted by atomic mass is 16.7. The second kappa shape index (κ2) is 12.7. The molecule has 0 saturated heterocycles. The summed E-state index contributed by atoms with van der Waals surface area (Å²) in [6, 6.07) is 12.5. The molecule has 0 heterocycles. The highest BCUT2D eigenvalue weighted by molar-refractivity contribution is 5.91. The Hall–Kier alpha value is -3.81. The summed E-state index contributed by atoms with van der Waals surface area (Å²) in [6.07, 6.45) is 2.26. The fourth-order valence-electron chi connectivity index (χ4n) is 2.36. The Morgan fingerprint density at radius 3 is 1.94 bits per heavy atom. The molecule has 0 aliphatic heterocycles. The highest BCUT2D eigenvalue weighted by Gasteiger charge is 2.11. The average molecular weight is 428 g/mol. The third-order valence-corrected chi connectivity index (χ3v) is 3.98. The summed E-state index contributed by atoms with van der Waals surface area (Å²) in [5.41, 5.74) is 0.300. The molecule has 0 atom stereocenters. The second-order valence-corrected chi connectivity index (χ2v) is 6.22. The molecule has 0 aromatic heterocycles. The molecule has 31 heavy (non-hydrogen) atoms. The Bertz CT molecular complexity index is 871. The molecule has 0 amide bonds. The second-order valence-electron chi connectivity index (χ2n) is 6.22. The minimum absolute atomic E-state index is 0.181. The average Bonchev–Trinajstić information content (AvgIpc) is 2.79. The third kappa shape index (κ3) is 8.61. The summed E-state index contributed by atoms with van der Waals surface area (Å²) >= 11 is 0. The van der Waals surface area contributed by atoms with Crippen LogP contribution in [0.4, 0.5) is 4.79 Å². The van der Waals surface area contributed by atoms with E-state index in [1.54, 1.807) is 31.4 Å². The third-order valence-electron chi connectivity index (χ3n) is 3.98. The number of rotatable bonds is 11. The van der Waals surface area contributed by atoms with Crippen LogP contribution in [-0.4, -0.2) is 38.4 Å². The molecule has 0 aliphatic rings. The van der Waals surface area contributed by atoms with Crippen molar-refractivity contribution in [2.75, 3.05) is 20.3 Å². The number of esters is 2. The zero-order chi connectivity index (χ0) is 22.5. The number of methoxy groups -OCH3 is 1. The molecule has 164 valence electrons. The van der Waals surface area contributed by atoms with Crippen LogP contribution >= 0.6 is 0 Å². The van der Waals surface area contributed by atoms with Crippen molar-refractivity contribution in [2.24, 2.45) is 0 Å². The number of benzene rings is 2. The molecular formula is C23H24O8. The van der Waals surface area contributed by atoms with Crippen molar-refractivity contribution in [2.45, 2.75) is 19.3 Å². The normalized spacial score (nSPS) is 9.97. The van der Waals surface area contributed by atoms with E-state index in [1.165, 1.54) is 24.3 Å². The fraction of sp³-hybridized carbons (Fsp3) is 0.261. The first-order valence-electron chi connectivity index (χ1n) is 9.62. The number of carbonyl (C=O) groups is 3. The zero-order valence-corrected chi connectivity index (χ0v) is 17.2. The SMILES string of the molecule is C=CC(=O)OCCCCCOC(=O)Oc1ccc(C(=O)Oc2ccc(OC)cc2)cc1. The van der Waals surface area contributed by atoms with Gasteiger partial charge in [-0.25, -0.2) is 14.4 Å². The Morgan fingerprint density at radius 2 is 1.32 bits per heavy atom. The molecular weight excluding hydrogens is 404 g/mol. The summed E-state index contributed by atoms with van der Waals surface area (Å²) < 4.78 is 25.2. The smallest absolute Gasteiger partial charge is 0.497 e. The standard InChI is InChI=1S/C23H24O8/c1-3-21(24)28-15-5-4-6-16-29-23(26)31-20-9-7-17(8-10-20)22(25)30-19-13-11-18(27-2)12-14-19/h3,7-14H,1,4-6,15-16H2,2H3. The Kier molecular flexibility index (Phi) is 9.61. The molecule has 0 spiro atoms. The number of carbonyl (C=O) groups excluding carboxylic acids is 3. The summed E-state index contributed by atoms with van der Waals surface area (Å²) in [5, 5.41) is 0. The van der Waals surface area contributed by atoms with E-state index in [9.17, 15) is 14.4 Å². The summed E-state index contributed by atoms with van der Waals surface area (Å²) in [4.78, 5) is 34.8. The number of ether oxygens (including phenoxy) is 5. The lowest BCUT2D eigenvalue weighted by molar-refractivity contribution is -0.137. The molecule has 0 fully saturated rings. The van der Waals surface area contributed by atoms with Gasteiger partial charge in [-0.2, -0.15) is 0 Å². The molecule has 0 radical (unpaired) electrons. The number of hydrogen-bond donors (Lipinski definition) is 0. The maximum absolute atomic E-state index is 12.2. The summed E-state index contributed by atoms with van der Waals surface area (Å²) in [5.74, 6) is 0.274. The van der Waals surface area contributed by atoms with Crippen LogP contribution in [-0.2, 0) is 14.3 Å². The lowest BCUT2D eigenvalue weighted by Gasteiger charge is -2.08. The van der Waals surface area contributed by atoms with Gasteiger partial charge in [-0.15, -0.1) is 0 Å². The Balaban J connectivity index is 1.68. The van der Waals surface area contributed by atoms with E-state index in [0.29, 0.717) is 36.5 Å². The Morgan fingerprint density at radius 1 is 0.774 bits per heavy atom. The Labute approximate surface area is 180 Å². The largest absolute Gasteiger partial charge is 0.513 e. The van der Waals surface area contributed by atoms with E-state index >= 15 is 0 Å². The first-order chi connectivity index (χ1) is 15.0. The minimum Gasteiger partial charge on any atom is -0.497 e. The van der Waals surface area contributed by atoms with Crippen LogP contribution < -0.4 is 14.2 Å². The van der Waals surface area contributed by atoms with E-state index in [0.717, 1.165) is 12.5 Å². The van der Waals surface area contributed by atoms with Gasteiger partial charge in [0.25, 0.3) is 0 Å². The lowest BCUT2D eigenvalue weighted by Crippen LogP contribution is -2.12. The molecule has 8 nitrogen and oxygen atoms in total. The van der Waals surface area contributed by atoms with Gasteiger partial charge in [0.15, 0.2) is 0 Å².